The Morgan fingerprint density at radius 3 is 2.40 bits per heavy atom. The van der Waals surface area contributed by atoms with Crippen LogP contribution in [0.1, 0.15) is 26.7 Å². The number of hydrogen-bond donors (Lipinski definition) is 0. The van der Waals surface area contributed by atoms with Crippen molar-refractivity contribution in [1.29, 1.82) is 0 Å². The van der Waals surface area contributed by atoms with Gasteiger partial charge in [0.25, 0.3) is 5.91 Å². The molecule has 0 bridgehead atoms. The highest BCUT2D eigenvalue weighted by Crippen LogP contribution is 2.27. The first-order valence-electron chi connectivity index (χ1n) is 8.60. The number of likely N-dealkylation sites (tertiary alicyclic amines) is 1. The summed E-state index contributed by atoms with van der Waals surface area (Å²) in [5.41, 5.74) is 0. The Morgan fingerprint density at radius 2 is 1.84 bits per heavy atom. The molecule has 0 atom stereocenters. The Morgan fingerprint density at radius 1 is 1.20 bits per heavy atom. The average Bonchev–Trinajstić information content (AvgIpc) is 2.62. The van der Waals surface area contributed by atoms with Crippen molar-refractivity contribution in [1.82, 2.24) is 9.80 Å². The van der Waals surface area contributed by atoms with Crippen molar-refractivity contribution in [3.63, 3.8) is 0 Å². The molecule has 1 aromatic rings. The molecule has 2 amide bonds. The van der Waals surface area contributed by atoms with Crippen LogP contribution in [0.25, 0.3) is 0 Å². The van der Waals surface area contributed by atoms with Crippen molar-refractivity contribution < 1.29 is 14.3 Å². The number of hydrogen-bond acceptors (Lipinski definition) is 3. The van der Waals surface area contributed by atoms with Crippen LogP contribution >= 0.6 is 23.2 Å². The van der Waals surface area contributed by atoms with Crippen LogP contribution in [-0.2, 0) is 9.59 Å². The van der Waals surface area contributed by atoms with Gasteiger partial charge in [0.2, 0.25) is 5.91 Å². The minimum absolute atomic E-state index is 0.00979. The quantitative estimate of drug-likeness (QED) is 0.751. The SMILES string of the molecule is CCN(CC)C(=O)C1CCN(C(=O)COc2ccc(Cl)cc2Cl)CC1. The highest BCUT2D eigenvalue weighted by molar-refractivity contribution is 6.35. The van der Waals surface area contributed by atoms with Crippen molar-refractivity contribution >= 4 is 35.0 Å². The molecule has 1 fully saturated rings. The third-order valence-corrected chi connectivity index (χ3v) is 5.05. The number of nitrogens with zero attached hydrogens (tertiary/aromatic N) is 2. The monoisotopic (exact) mass is 386 g/mol. The van der Waals surface area contributed by atoms with E-state index in [0.29, 0.717) is 41.7 Å². The van der Waals surface area contributed by atoms with E-state index in [9.17, 15) is 9.59 Å². The lowest BCUT2D eigenvalue weighted by Crippen LogP contribution is -2.45. The van der Waals surface area contributed by atoms with E-state index in [1.807, 2.05) is 18.7 Å². The molecule has 1 saturated heterocycles. The second-order valence-corrected chi connectivity index (χ2v) is 6.87. The van der Waals surface area contributed by atoms with Crippen LogP contribution in [0, 0.1) is 5.92 Å². The molecule has 1 aliphatic rings. The van der Waals surface area contributed by atoms with Crippen molar-refractivity contribution in [2.24, 2.45) is 5.92 Å². The minimum Gasteiger partial charge on any atom is -0.482 e. The first kappa shape index (κ1) is 19.9. The Balaban J connectivity index is 1.82. The molecule has 5 nitrogen and oxygen atoms in total. The lowest BCUT2D eigenvalue weighted by Gasteiger charge is -2.33. The molecule has 0 aliphatic carbocycles. The van der Waals surface area contributed by atoms with Gasteiger partial charge in [-0.1, -0.05) is 23.2 Å². The van der Waals surface area contributed by atoms with E-state index in [1.165, 1.54) is 0 Å². The zero-order chi connectivity index (χ0) is 18.4. The van der Waals surface area contributed by atoms with Gasteiger partial charge in [0.1, 0.15) is 5.75 Å². The molecule has 0 radical (unpaired) electrons. The summed E-state index contributed by atoms with van der Waals surface area (Å²) < 4.78 is 5.50. The van der Waals surface area contributed by atoms with E-state index in [-0.39, 0.29) is 24.3 Å². The predicted octanol–water partition coefficient (Wildman–Crippen LogP) is 3.48. The summed E-state index contributed by atoms with van der Waals surface area (Å²) in [4.78, 5) is 28.3. The number of carbonyl (C=O) groups is 2. The molecular weight excluding hydrogens is 363 g/mol. The van der Waals surface area contributed by atoms with E-state index in [2.05, 4.69) is 0 Å². The van der Waals surface area contributed by atoms with E-state index in [0.717, 1.165) is 13.1 Å². The third kappa shape index (κ3) is 5.25. The molecule has 138 valence electrons. The van der Waals surface area contributed by atoms with Gasteiger partial charge in [0, 0.05) is 37.1 Å². The molecule has 2 rings (SSSR count). The fraction of sp³-hybridized carbons (Fsp3) is 0.556. The lowest BCUT2D eigenvalue weighted by atomic mass is 9.95. The van der Waals surface area contributed by atoms with Gasteiger partial charge in [-0.05, 0) is 44.9 Å². The van der Waals surface area contributed by atoms with Crippen LogP contribution in [0.5, 0.6) is 5.75 Å². The fourth-order valence-corrected chi connectivity index (χ4v) is 3.46. The van der Waals surface area contributed by atoms with E-state index < -0.39 is 0 Å². The topological polar surface area (TPSA) is 49.9 Å². The zero-order valence-electron chi connectivity index (χ0n) is 14.6. The molecule has 0 saturated carbocycles. The van der Waals surface area contributed by atoms with E-state index in [4.69, 9.17) is 27.9 Å². The molecule has 1 heterocycles. The number of benzene rings is 1. The number of ether oxygens (including phenoxy) is 1. The lowest BCUT2D eigenvalue weighted by molar-refractivity contribution is -0.141. The summed E-state index contributed by atoms with van der Waals surface area (Å²) in [6, 6.07) is 4.89. The Bertz CT molecular complexity index is 612. The standard InChI is InChI=1S/C18H24Cl2N2O3/c1-3-21(4-2)18(24)13-7-9-22(10-8-13)17(23)12-25-16-6-5-14(19)11-15(16)20/h5-6,11,13H,3-4,7-10,12H2,1-2H3. The number of amides is 2. The largest absolute Gasteiger partial charge is 0.482 e. The first-order chi connectivity index (χ1) is 12.0. The van der Waals surface area contributed by atoms with Crippen LogP contribution in [0.15, 0.2) is 18.2 Å². The second kappa shape index (κ2) is 9.30. The van der Waals surface area contributed by atoms with Gasteiger partial charge in [-0.25, -0.2) is 0 Å². The molecule has 1 aliphatic heterocycles. The molecule has 7 heteroatoms. The average molecular weight is 387 g/mol. The van der Waals surface area contributed by atoms with Crippen molar-refractivity contribution in [3.05, 3.63) is 28.2 Å². The predicted molar refractivity (Wildman–Crippen MR) is 99.2 cm³/mol. The van der Waals surface area contributed by atoms with Crippen LogP contribution in [0.2, 0.25) is 10.0 Å². The summed E-state index contributed by atoms with van der Waals surface area (Å²) in [5, 5.41) is 0.896. The van der Waals surface area contributed by atoms with Crippen LogP contribution in [0.4, 0.5) is 0 Å². The molecular formula is C18H24Cl2N2O3. The summed E-state index contributed by atoms with van der Waals surface area (Å²) in [6.45, 7) is 6.51. The maximum Gasteiger partial charge on any atom is 0.260 e. The number of rotatable bonds is 6. The maximum absolute atomic E-state index is 12.4. The first-order valence-corrected chi connectivity index (χ1v) is 9.36. The van der Waals surface area contributed by atoms with Gasteiger partial charge in [-0.3, -0.25) is 9.59 Å². The van der Waals surface area contributed by atoms with E-state index >= 15 is 0 Å². The number of carbonyl (C=O) groups excluding carboxylic acids is 2. The summed E-state index contributed by atoms with van der Waals surface area (Å²) >= 11 is 11.9. The molecule has 25 heavy (non-hydrogen) atoms. The molecule has 0 spiro atoms. The molecule has 0 unspecified atom stereocenters. The maximum atomic E-state index is 12.4. The zero-order valence-corrected chi connectivity index (χ0v) is 16.1. The Hall–Kier alpha value is -1.46. The summed E-state index contributed by atoms with van der Waals surface area (Å²) in [6.07, 6.45) is 1.39. The van der Waals surface area contributed by atoms with Gasteiger partial charge in [-0.15, -0.1) is 0 Å². The molecule has 0 N–H and O–H groups in total. The van der Waals surface area contributed by atoms with Gasteiger partial charge in [-0.2, -0.15) is 0 Å². The highest BCUT2D eigenvalue weighted by Gasteiger charge is 2.29. The fourth-order valence-electron chi connectivity index (χ4n) is 2.99. The Labute approximate surface area is 158 Å². The van der Waals surface area contributed by atoms with Crippen LogP contribution in [0.3, 0.4) is 0 Å². The normalized spacial score (nSPS) is 15.1. The molecule has 0 aromatic heterocycles. The van der Waals surface area contributed by atoms with Crippen molar-refractivity contribution in [2.75, 3.05) is 32.8 Å². The van der Waals surface area contributed by atoms with Gasteiger partial charge in [0.05, 0.1) is 5.02 Å². The van der Waals surface area contributed by atoms with Gasteiger partial charge < -0.3 is 14.5 Å². The third-order valence-electron chi connectivity index (χ3n) is 4.52. The van der Waals surface area contributed by atoms with Crippen molar-refractivity contribution in [3.8, 4) is 5.75 Å². The minimum atomic E-state index is -0.0974. The van der Waals surface area contributed by atoms with Gasteiger partial charge in [0.15, 0.2) is 6.61 Å². The van der Waals surface area contributed by atoms with Crippen LogP contribution < -0.4 is 4.74 Å². The second-order valence-electron chi connectivity index (χ2n) is 6.03. The Kier molecular flexibility index (Phi) is 7.38. The van der Waals surface area contributed by atoms with E-state index in [1.54, 1.807) is 23.1 Å². The number of piperidine rings is 1. The summed E-state index contributed by atoms with van der Waals surface area (Å²) in [7, 11) is 0. The highest BCUT2D eigenvalue weighted by atomic mass is 35.5. The van der Waals surface area contributed by atoms with Gasteiger partial charge >= 0.3 is 0 Å². The van der Waals surface area contributed by atoms with Crippen molar-refractivity contribution in [2.45, 2.75) is 26.7 Å². The summed E-state index contributed by atoms with van der Waals surface area (Å²) in [5.74, 6) is 0.544. The van der Waals surface area contributed by atoms with Crippen LogP contribution in [-0.4, -0.2) is 54.4 Å². The number of halogens is 2. The smallest absolute Gasteiger partial charge is 0.260 e. The molecule has 1 aromatic carbocycles.